The summed E-state index contributed by atoms with van der Waals surface area (Å²) in [5.74, 6) is 1.27. The van der Waals surface area contributed by atoms with Crippen LogP contribution in [0.1, 0.15) is 45.8 Å². The molecular formula is C12H23N3O2. The molecular weight excluding hydrogens is 218 g/mol. The molecule has 0 aliphatic heterocycles. The summed E-state index contributed by atoms with van der Waals surface area (Å²) in [6.45, 7) is 8.60. The Hall–Kier alpha value is -0.940. The van der Waals surface area contributed by atoms with Gasteiger partial charge in [-0.25, -0.2) is 0 Å². The zero-order valence-electron chi connectivity index (χ0n) is 11.4. The molecule has 1 N–H and O–H groups in total. The third-order valence-corrected chi connectivity index (χ3v) is 2.83. The first-order valence-electron chi connectivity index (χ1n) is 6.17. The van der Waals surface area contributed by atoms with Crippen molar-refractivity contribution >= 4 is 0 Å². The van der Waals surface area contributed by atoms with Crippen LogP contribution >= 0.6 is 0 Å². The van der Waals surface area contributed by atoms with Gasteiger partial charge in [-0.05, 0) is 34.2 Å². The number of likely N-dealkylation sites (N-methyl/N-ethyl adjacent to an activating group) is 1. The maximum atomic E-state index is 5.59. The maximum Gasteiger partial charge on any atom is 0.228 e. The summed E-state index contributed by atoms with van der Waals surface area (Å²) in [7, 11) is 1.94. The van der Waals surface area contributed by atoms with E-state index in [2.05, 4.69) is 22.4 Å². The summed E-state index contributed by atoms with van der Waals surface area (Å²) in [4.78, 5) is 4.39. The number of hydrogen-bond donors (Lipinski definition) is 1. The molecule has 98 valence electrons. The van der Waals surface area contributed by atoms with Crippen LogP contribution in [0, 0.1) is 0 Å². The van der Waals surface area contributed by atoms with Crippen LogP contribution in [0.15, 0.2) is 4.52 Å². The lowest BCUT2D eigenvalue weighted by molar-refractivity contribution is -0.0221. The summed E-state index contributed by atoms with van der Waals surface area (Å²) in [6.07, 6.45) is 1.78. The Morgan fingerprint density at radius 1 is 1.41 bits per heavy atom. The normalized spacial score (nSPS) is 13.9. The van der Waals surface area contributed by atoms with E-state index in [4.69, 9.17) is 9.26 Å². The summed E-state index contributed by atoms with van der Waals surface area (Å²) in [6, 6.07) is 0.374. The van der Waals surface area contributed by atoms with Crippen molar-refractivity contribution in [3.05, 3.63) is 11.7 Å². The lowest BCUT2D eigenvalue weighted by Crippen LogP contribution is -2.27. The fourth-order valence-electron chi connectivity index (χ4n) is 1.67. The summed E-state index contributed by atoms with van der Waals surface area (Å²) < 4.78 is 10.8. The Morgan fingerprint density at radius 3 is 2.65 bits per heavy atom. The number of nitrogens with one attached hydrogen (secondary N) is 1. The number of hydrogen-bond acceptors (Lipinski definition) is 5. The molecule has 0 fully saturated rings. The van der Waals surface area contributed by atoms with Crippen molar-refractivity contribution in [2.45, 2.75) is 52.2 Å². The first-order valence-corrected chi connectivity index (χ1v) is 6.17. The summed E-state index contributed by atoms with van der Waals surface area (Å²) in [5.41, 5.74) is -0.488. The predicted octanol–water partition coefficient (Wildman–Crippen LogP) is 1.88. The van der Waals surface area contributed by atoms with Crippen molar-refractivity contribution in [1.29, 1.82) is 0 Å². The predicted molar refractivity (Wildman–Crippen MR) is 65.8 cm³/mol. The van der Waals surface area contributed by atoms with E-state index in [1.165, 1.54) is 0 Å². The van der Waals surface area contributed by atoms with Gasteiger partial charge in [-0.3, -0.25) is 0 Å². The highest BCUT2D eigenvalue weighted by Crippen LogP contribution is 2.21. The van der Waals surface area contributed by atoms with Gasteiger partial charge in [0.1, 0.15) is 5.60 Å². The van der Waals surface area contributed by atoms with E-state index in [1.54, 1.807) is 0 Å². The molecule has 17 heavy (non-hydrogen) atoms. The van der Waals surface area contributed by atoms with Crippen molar-refractivity contribution in [1.82, 2.24) is 15.5 Å². The molecule has 0 radical (unpaired) electrons. The fourth-order valence-corrected chi connectivity index (χ4v) is 1.67. The van der Waals surface area contributed by atoms with Gasteiger partial charge >= 0.3 is 0 Å². The molecule has 1 aromatic rings. The highest BCUT2D eigenvalue weighted by Gasteiger charge is 2.27. The second kappa shape index (κ2) is 6.12. The van der Waals surface area contributed by atoms with Gasteiger partial charge in [-0.15, -0.1) is 0 Å². The van der Waals surface area contributed by atoms with Gasteiger partial charge < -0.3 is 14.6 Å². The molecule has 0 aliphatic rings. The van der Waals surface area contributed by atoms with Crippen molar-refractivity contribution in [3.63, 3.8) is 0 Å². The number of nitrogens with zero attached hydrogens (tertiary/aromatic N) is 2. The Morgan fingerprint density at radius 2 is 2.12 bits per heavy atom. The zero-order valence-corrected chi connectivity index (χ0v) is 11.4. The number of ether oxygens (including phenoxy) is 1. The SMILES string of the molecule is CCOC(C)(C)c1noc(CC(CC)NC)n1. The van der Waals surface area contributed by atoms with E-state index in [9.17, 15) is 0 Å². The molecule has 0 saturated carbocycles. The largest absolute Gasteiger partial charge is 0.368 e. The van der Waals surface area contributed by atoms with Gasteiger partial charge in [0.25, 0.3) is 0 Å². The Kier molecular flexibility index (Phi) is 5.08. The lowest BCUT2D eigenvalue weighted by Gasteiger charge is -2.19. The molecule has 0 aliphatic carbocycles. The lowest BCUT2D eigenvalue weighted by atomic mass is 10.1. The quantitative estimate of drug-likeness (QED) is 0.789. The number of aromatic nitrogens is 2. The van der Waals surface area contributed by atoms with Crippen molar-refractivity contribution in [2.75, 3.05) is 13.7 Å². The summed E-state index contributed by atoms with van der Waals surface area (Å²) >= 11 is 0. The standard InChI is InChI=1S/C12H23N3O2/c1-6-9(13-5)8-10-14-11(15-17-10)12(3,4)16-7-2/h9,13H,6-8H2,1-5H3. The van der Waals surface area contributed by atoms with Gasteiger partial charge in [0, 0.05) is 19.1 Å². The van der Waals surface area contributed by atoms with Gasteiger partial charge in [0.2, 0.25) is 11.7 Å². The average molecular weight is 241 g/mol. The Balaban J connectivity index is 2.70. The molecule has 1 rings (SSSR count). The average Bonchev–Trinajstić information content (AvgIpc) is 2.75. The van der Waals surface area contributed by atoms with E-state index in [0.29, 0.717) is 24.4 Å². The molecule has 1 atom stereocenters. The zero-order chi connectivity index (χ0) is 12.9. The molecule has 1 aromatic heterocycles. The first-order chi connectivity index (χ1) is 8.03. The van der Waals surface area contributed by atoms with Crippen LogP contribution in [-0.2, 0) is 16.8 Å². The summed E-state index contributed by atoms with van der Waals surface area (Å²) in [5, 5.41) is 7.20. The molecule has 5 nitrogen and oxygen atoms in total. The van der Waals surface area contributed by atoms with Crippen molar-refractivity contribution in [2.24, 2.45) is 0 Å². The van der Waals surface area contributed by atoms with Crippen LogP contribution in [0.4, 0.5) is 0 Å². The molecule has 0 aromatic carbocycles. The highest BCUT2D eigenvalue weighted by molar-refractivity contribution is 4.98. The molecule has 5 heteroatoms. The molecule has 0 spiro atoms. The van der Waals surface area contributed by atoms with Crippen LogP contribution in [-0.4, -0.2) is 29.8 Å². The first kappa shape index (κ1) is 14.1. The van der Waals surface area contributed by atoms with Crippen molar-refractivity contribution < 1.29 is 9.26 Å². The minimum absolute atomic E-state index is 0.374. The van der Waals surface area contributed by atoms with Crippen LogP contribution in [0.25, 0.3) is 0 Å². The highest BCUT2D eigenvalue weighted by atomic mass is 16.5. The fraction of sp³-hybridized carbons (Fsp3) is 0.833. The number of rotatable bonds is 7. The second-order valence-corrected chi connectivity index (χ2v) is 4.55. The van der Waals surface area contributed by atoms with Crippen molar-refractivity contribution in [3.8, 4) is 0 Å². The molecule has 0 saturated heterocycles. The topological polar surface area (TPSA) is 60.2 Å². The smallest absolute Gasteiger partial charge is 0.228 e. The van der Waals surface area contributed by atoms with E-state index in [1.807, 2.05) is 27.8 Å². The van der Waals surface area contributed by atoms with Gasteiger partial charge in [-0.2, -0.15) is 4.98 Å². The molecule has 0 amide bonds. The van der Waals surface area contributed by atoms with Gasteiger partial charge in [0.15, 0.2) is 0 Å². The van der Waals surface area contributed by atoms with E-state index in [-0.39, 0.29) is 0 Å². The monoisotopic (exact) mass is 241 g/mol. The van der Waals surface area contributed by atoms with Crippen LogP contribution in [0.2, 0.25) is 0 Å². The van der Waals surface area contributed by atoms with E-state index >= 15 is 0 Å². The molecule has 1 unspecified atom stereocenters. The van der Waals surface area contributed by atoms with E-state index in [0.717, 1.165) is 12.8 Å². The van der Waals surface area contributed by atoms with Gasteiger partial charge in [0.05, 0.1) is 0 Å². The second-order valence-electron chi connectivity index (χ2n) is 4.55. The maximum absolute atomic E-state index is 5.59. The van der Waals surface area contributed by atoms with E-state index < -0.39 is 5.60 Å². The van der Waals surface area contributed by atoms with Crippen LogP contribution in [0.3, 0.4) is 0 Å². The molecule has 0 bridgehead atoms. The third kappa shape index (κ3) is 3.78. The van der Waals surface area contributed by atoms with Gasteiger partial charge in [-0.1, -0.05) is 12.1 Å². The van der Waals surface area contributed by atoms with Crippen LogP contribution in [0.5, 0.6) is 0 Å². The minimum atomic E-state index is -0.488. The Labute approximate surface area is 103 Å². The van der Waals surface area contributed by atoms with Crippen LogP contribution < -0.4 is 5.32 Å². The third-order valence-electron chi connectivity index (χ3n) is 2.83. The molecule has 1 heterocycles. The Bertz CT molecular complexity index is 332. The minimum Gasteiger partial charge on any atom is -0.368 e.